The molecule has 2 N–H and O–H groups in total. The summed E-state index contributed by atoms with van der Waals surface area (Å²) >= 11 is 0. The average molecular weight is 239 g/mol. The molecule has 0 aliphatic heterocycles. The number of nitrogens with zero attached hydrogens (tertiary/aromatic N) is 1. The number of hydroxylamine groups is 2. The highest BCUT2D eigenvalue weighted by molar-refractivity contribution is 7.86. The monoisotopic (exact) mass is 239 g/mol. The van der Waals surface area contributed by atoms with Gasteiger partial charge in [0.2, 0.25) is 0 Å². The van der Waals surface area contributed by atoms with Crippen LogP contribution in [-0.4, -0.2) is 41.8 Å². The van der Waals surface area contributed by atoms with Gasteiger partial charge in [0.1, 0.15) is 0 Å². The maximum Gasteiger partial charge on any atom is 0.522 e. The van der Waals surface area contributed by atoms with Gasteiger partial charge in [-0.15, -0.1) is 0 Å². The van der Waals surface area contributed by atoms with E-state index in [0.29, 0.717) is 0 Å². The largest absolute Gasteiger partial charge is 0.522 e. The van der Waals surface area contributed by atoms with Crippen LogP contribution in [0.25, 0.3) is 0 Å². The predicted octanol–water partition coefficient (Wildman–Crippen LogP) is 1.11. The first-order valence-electron chi connectivity index (χ1n) is 3.53. The molecule has 0 fully saturated rings. The Labute approximate surface area is 79.8 Å². The van der Waals surface area contributed by atoms with Crippen LogP contribution >= 0.6 is 0 Å². The third-order valence-electron chi connectivity index (χ3n) is 1.02. The van der Waals surface area contributed by atoms with E-state index in [0.717, 1.165) is 13.1 Å². The van der Waals surface area contributed by atoms with Gasteiger partial charge in [0.05, 0.1) is 0 Å². The molecule has 0 spiro atoms. The van der Waals surface area contributed by atoms with E-state index in [9.17, 15) is 13.2 Å². The lowest BCUT2D eigenvalue weighted by molar-refractivity contribution is -0.0813. The van der Waals surface area contributed by atoms with Crippen LogP contribution < -0.4 is 0 Å². The van der Waals surface area contributed by atoms with E-state index >= 15 is 0 Å². The molecule has 0 rings (SSSR count). The molecule has 0 aromatic carbocycles. The van der Waals surface area contributed by atoms with Crippen molar-refractivity contribution in [3.63, 3.8) is 0 Å². The van der Waals surface area contributed by atoms with Crippen LogP contribution in [0.3, 0.4) is 0 Å². The SMILES string of the molecule is CCN(O)CC.O=S(=O)(O)C(F)(F)F. The minimum absolute atomic E-state index is 0.719. The quantitative estimate of drug-likeness (QED) is 0.429. The second-order valence-corrected chi connectivity index (χ2v) is 3.47. The molecular formula is C5H12F3NO4S. The van der Waals surface area contributed by atoms with E-state index in [4.69, 9.17) is 18.2 Å². The van der Waals surface area contributed by atoms with Gasteiger partial charge in [-0.1, -0.05) is 13.8 Å². The highest BCUT2D eigenvalue weighted by atomic mass is 32.2. The molecule has 5 nitrogen and oxygen atoms in total. The van der Waals surface area contributed by atoms with Crippen molar-refractivity contribution in [1.82, 2.24) is 5.06 Å². The standard InChI is InChI=1S/C4H11NO.CHF3O3S/c1-3-5(6)4-2;2-1(3,4)8(5,6)7/h6H,3-4H2,1-2H3;(H,5,6,7). The Morgan fingerprint density at radius 3 is 1.43 bits per heavy atom. The molecule has 0 atom stereocenters. The Kier molecular flexibility index (Phi) is 7.08. The lowest BCUT2D eigenvalue weighted by atomic mass is 10.6. The van der Waals surface area contributed by atoms with E-state index in [1.165, 1.54) is 5.06 Å². The zero-order chi connectivity index (χ0) is 12.0. The maximum absolute atomic E-state index is 10.7. The van der Waals surface area contributed by atoms with Crippen LogP contribution in [0.5, 0.6) is 0 Å². The van der Waals surface area contributed by atoms with Gasteiger partial charge in [-0.3, -0.25) is 4.55 Å². The third kappa shape index (κ3) is 8.23. The molecule has 88 valence electrons. The van der Waals surface area contributed by atoms with Gasteiger partial charge in [0.25, 0.3) is 0 Å². The summed E-state index contributed by atoms with van der Waals surface area (Å²) in [5.74, 6) is 0. The molecule has 9 heteroatoms. The van der Waals surface area contributed by atoms with Gasteiger partial charge in [0.15, 0.2) is 0 Å². The zero-order valence-corrected chi connectivity index (χ0v) is 8.43. The summed E-state index contributed by atoms with van der Waals surface area (Å²) in [4.78, 5) is 0. The third-order valence-corrected chi connectivity index (χ3v) is 1.61. The van der Waals surface area contributed by atoms with Crippen molar-refractivity contribution < 1.29 is 31.3 Å². The molecular weight excluding hydrogens is 227 g/mol. The fourth-order valence-electron chi connectivity index (χ4n) is 0.224. The van der Waals surface area contributed by atoms with Crippen molar-refractivity contribution in [3.8, 4) is 0 Å². The summed E-state index contributed by atoms with van der Waals surface area (Å²) in [5, 5.41) is 9.75. The molecule has 0 heterocycles. The van der Waals surface area contributed by atoms with Gasteiger partial charge in [-0.05, 0) is 0 Å². The Balaban J connectivity index is 0. The zero-order valence-electron chi connectivity index (χ0n) is 7.61. The fraction of sp³-hybridized carbons (Fsp3) is 1.00. The van der Waals surface area contributed by atoms with Gasteiger partial charge in [-0.2, -0.15) is 26.7 Å². The average Bonchev–Trinajstić information content (AvgIpc) is 2.00. The topological polar surface area (TPSA) is 77.8 Å². The summed E-state index contributed by atoms with van der Waals surface area (Å²) in [6.45, 7) is 5.25. The van der Waals surface area contributed by atoms with E-state index < -0.39 is 15.6 Å². The van der Waals surface area contributed by atoms with Gasteiger partial charge in [-0.25, -0.2) is 0 Å². The number of alkyl halides is 3. The summed E-state index contributed by atoms with van der Waals surface area (Å²) < 4.78 is 57.5. The highest BCUT2D eigenvalue weighted by Gasteiger charge is 2.44. The minimum atomic E-state index is -5.84. The van der Waals surface area contributed by atoms with Crippen molar-refractivity contribution >= 4 is 10.1 Å². The number of halogens is 3. The first-order chi connectivity index (χ1) is 6.06. The Bertz CT molecular complexity index is 234. The van der Waals surface area contributed by atoms with Gasteiger partial charge >= 0.3 is 15.6 Å². The van der Waals surface area contributed by atoms with Crippen LogP contribution in [0.2, 0.25) is 0 Å². The van der Waals surface area contributed by atoms with Crippen molar-refractivity contribution in [2.45, 2.75) is 19.4 Å². The normalized spacial score (nSPS) is 12.3. The van der Waals surface area contributed by atoms with E-state index in [2.05, 4.69) is 0 Å². The molecule has 0 aromatic heterocycles. The van der Waals surface area contributed by atoms with Crippen molar-refractivity contribution in [1.29, 1.82) is 0 Å². The highest BCUT2D eigenvalue weighted by Crippen LogP contribution is 2.20. The Hall–Kier alpha value is -0.380. The molecule has 0 saturated carbocycles. The van der Waals surface area contributed by atoms with Gasteiger partial charge in [0, 0.05) is 13.1 Å². The van der Waals surface area contributed by atoms with E-state index in [-0.39, 0.29) is 0 Å². The first-order valence-corrected chi connectivity index (χ1v) is 4.97. The minimum Gasteiger partial charge on any atom is -0.314 e. The predicted molar refractivity (Wildman–Crippen MR) is 42.3 cm³/mol. The van der Waals surface area contributed by atoms with Crippen LogP contribution in [0, 0.1) is 0 Å². The maximum atomic E-state index is 10.7. The van der Waals surface area contributed by atoms with Crippen molar-refractivity contribution in [2.24, 2.45) is 0 Å². The molecule has 0 saturated heterocycles. The lowest BCUT2D eigenvalue weighted by Gasteiger charge is -2.05. The molecule has 0 bridgehead atoms. The second kappa shape index (κ2) is 6.17. The second-order valence-electron chi connectivity index (χ2n) is 2.06. The van der Waals surface area contributed by atoms with Crippen molar-refractivity contribution in [3.05, 3.63) is 0 Å². The van der Waals surface area contributed by atoms with Crippen LogP contribution in [0.4, 0.5) is 13.2 Å². The van der Waals surface area contributed by atoms with E-state index in [1.807, 2.05) is 13.8 Å². The number of hydrogen-bond acceptors (Lipinski definition) is 4. The Morgan fingerprint density at radius 1 is 1.21 bits per heavy atom. The smallest absolute Gasteiger partial charge is 0.314 e. The molecule has 0 aromatic rings. The molecule has 0 amide bonds. The van der Waals surface area contributed by atoms with Crippen LogP contribution in [0.15, 0.2) is 0 Å². The Morgan fingerprint density at radius 2 is 1.43 bits per heavy atom. The van der Waals surface area contributed by atoms with Crippen LogP contribution in [0.1, 0.15) is 13.8 Å². The number of rotatable bonds is 2. The summed E-state index contributed by atoms with van der Waals surface area (Å²) in [6, 6.07) is 0. The molecule has 0 radical (unpaired) electrons. The van der Waals surface area contributed by atoms with Gasteiger partial charge < -0.3 is 5.21 Å². The van der Waals surface area contributed by atoms with Crippen LogP contribution in [-0.2, 0) is 10.1 Å². The number of hydrogen-bond donors (Lipinski definition) is 2. The summed E-state index contributed by atoms with van der Waals surface area (Å²) in [6.07, 6.45) is 0. The molecule has 14 heavy (non-hydrogen) atoms. The lowest BCUT2D eigenvalue weighted by Crippen LogP contribution is -2.21. The molecule has 0 aliphatic carbocycles. The fourth-order valence-corrected chi connectivity index (χ4v) is 0.224. The van der Waals surface area contributed by atoms with Crippen molar-refractivity contribution in [2.75, 3.05) is 13.1 Å². The molecule has 0 aliphatic rings. The summed E-state index contributed by atoms with van der Waals surface area (Å²) in [7, 11) is -5.84. The summed E-state index contributed by atoms with van der Waals surface area (Å²) in [5.41, 5.74) is -5.53. The van der Waals surface area contributed by atoms with E-state index in [1.54, 1.807) is 0 Å². The first kappa shape index (κ1) is 16.1. The molecule has 0 unspecified atom stereocenters.